The smallest absolute Gasteiger partial charge is 0.270 e. The van der Waals surface area contributed by atoms with Crippen molar-refractivity contribution < 1.29 is 4.79 Å². The number of benzene rings is 2. The molecule has 2 aromatic carbocycles. The third-order valence-corrected chi connectivity index (χ3v) is 4.82. The van der Waals surface area contributed by atoms with E-state index < -0.39 is 0 Å². The molecule has 0 aliphatic carbocycles. The summed E-state index contributed by atoms with van der Waals surface area (Å²) in [6.45, 7) is 2.58. The van der Waals surface area contributed by atoms with E-state index >= 15 is 0 Å². The van der Waals surface area contributed by atoms with Gasteiger partial charge in [0, 0.05) is 12.7 Å². The number of nitrogens with one attached hydrogen (secondary N) is 1. The first-order valence-corrected chi connectivity index (χ1v) is 9.65. The average Bonchev–Trinajstić information content (AvgIpc) is 3.11. The van der Waals surface area contributed by atoms with E-state index in [1.807, 2.05) is 47.0 Å². The number of imidazole rings is 1. The summed E-state index contributed by atoms with van der Waals surface area (Å²) in [7, 11) is 0. The second-order valence-corrected chi connectivity index (χ2v) is 6.83. The SMILES string of the molecule is CCCc1nc2ccccn2c1C(=O)NCc1ccc(-c2ccccc2)cc1. The first-order chi connectivity index (χ1) is 13.8. The van der Waals surface area contributed by atoms with E-state index in [-0.39, 0.29) is 5.91 Å². The normalized spacial score (nSPS) is 10.9. The molecule has 140 valence electrons. The van der Waals surface area contributed by atoms with Crippen LogP contribution in [0.3, 0.4) is 0 Å². The molecule has 0 radical (unpaired) electrons. The summed E-state index contributed by atoms with van der Waals surface area (Å²) < 4.78 is 1.87. The summed E-state index contributed by atoms with van der Waals surface area (Å²) in [4.78, 5) is 17.5. The Kier molecular flexibility index (Phi) is 5.20. The first-order valence-electron chi connectivity index (χ1n) is 9.65. The fourth-order valence-electron chi connectivity index (χ4n) is 3.41. The van der Waals surface area contributed by atoms with E-state index in [0.29, 0.717) is 12.2 Å². The van der Waals surface area contributed by atoms with Crippen molar-refractivity contribution >= 4 is 11.6 Å². The third kappa shape index (κ3) is 3.67. The van der Waals surface area contributed by atoms with Crippen molar-refractivity contribution in [1.29, 1.82) is 0 Å². The Hall–Kier alpha value is -3.40. The molecule has 0 fully saturated rings. The predicted octanol–water partition coefficient (Wildman–Crippen LogP) is 4.88. The van der Waals surface area contributed by atoms with Crippen molar-refractivity contribution in [2.75, 3.05) is 0 Å². The number of aryl methyl sites for hydroxylation is 1. The quantitative estimate of drug-likeness (QED) is 0.526. The average molecular weight is 369 g/mol. The van der Waals surface area contributed by atoms with Crippen LogP contribution in [-0.2, 0) is 13.0 Å². The fourth-order valence-corrected chi connectivity index (χ4v) is 3.41. The minimum Gasteiger partial charge on any atom is -0.347 e. The van der Waals surface area contributed by atoms with Gasteiger partial charge in [0.2, 0.25) is 0 Å². The molecule has 4 nitrogen and oxygen atoms in total. The van der Waals surface area contributed by atoms with Crippen LogP contribution in [0.25, 0.3) is 16.8 Å². The molecule has 4 aromatic rings. The number of amides is 1. The largest absolute Gasteiger partial charge is 0.347 e. The molecule has 1 N–H and O–H groups in total. The Morgan fingerprint density at radius 2 is 1.64 bits per heavy atom. The molecule has 1 amide bonds. The van der Waals surface area contributed by atoms with E-state index in [2.05, 4.69) is 53.6 Å². The number of carbonyl (C=O) groups is 1. The number of nitrogens with zero attached hydrogens (tertiary/aromatic N) is 2. The molecule has 2 aromatic heterocycles. The van der Waals surface area contributed by atoms with E-state index in [9.17, 15) is 4.79 Å². The molecule has 0 atom stereocenters. The molecule has 4 heteroatoms. The van der Waals surface area contributed by atoms with Gasteiger partial charge in [-0.25, -0.2) is 4.98 Å². The second-order valence-electron chi connectivity index (χ2n) is 6.83. The molecule has 0 aliphatic heterocycles. The van der Waals surface area contributed by atoms with Crippen LogP contribution < -0.4 is 5.32 Å². The van der Waals surface area contributed by atoms with Gasteiger partial charge in [-0.1, -0.05) is 74.0 Å². The van der Waals surface area contributed by atoms with Gasteiger partial charge in [-0.15, -0.1) is 0 Å². The van der Waals surface area contributed by atoms with Crippen molar-refractivity contribution in [3.05, 3.63) is 95.9 Å². The lowest BCUT2D eigenvalue weighted by atomic mass is 10.0. The number of carbonyl (C=O) groups excluding carboxylic acids is 1. The summed E-state index contributed by atoms with van der Waals surface area (Å²) in [5.74, 6) is -0.0886. The fraction of sp³-hybridized carbons (Fsp3) is 0.167. The lowest BCUT2D eigenvalue weighted by Gasteiger charge is -2.08. The molecule has 0 saturated carbocycles. The molecule has 28 heavy (non-hydrogen) atoms. The molecule has 0 bridgehead atoms. The number of fused-ring (bicyclic) bond motifs is 1. The van der Waals surface area contributed by atoms with Gasteiger partial charge < -0.3 is 5.32 Å². The molecule has 0 saturated heterocycles. The number of hydrogen-bond acceptors (Lipinski definition) is 2. The highest BCUT2D eigenvalue weighted by Gasteiger charge is 2.18. The maximum absolute atomic E-state index is 12.9. The number of hydrogen-bond donors (Lipinski definition) is 1. The Balaban J connectivity index is 1.50. The lowest BCUT2D eigenvalue weighted by molar-refractivity contribution is 0.0944. The summed E-state index contributed by atoms with van der Waals surface area (Å²) in [5.41, 5.74) is 5.72. The molecule has 4 rings (SSSR count). The van der Waals surface area contributed by atoms with Crippen LogP contribution in [0.4, 0.5) is 0 Å². The van der Waals surface area contributed by atoms with Crippen molar-refractivity contribution in [1.82, 2.24) is 14.7 Å². The zero-order valence-corrected chi connectivity index (χ0v) is 15.9. The molecule has 2 heterocycles. The highest BCUT2D eigenvalue weighted by molar-refractivity contribution is 5.94. The maximum Gasteiger partial charge on any atom is 0.270 e. The topological polar surface area (TPSA) is 46.4 Å². The minimum atomic E-state index is -0.0886. The Labute approximate surface area is 164 Å². The summed E-state index contributed by atoms with van der Waals surface area (Å²) in [5, 5.41) is 3.05. The standard InChI is InChI=1S/C24H23N3O/c1-2-8-21-23(27-16-7-6-11-22(27)26-21)24(28)25-17-18-12-14-20(15-13-18)19-9-4-3-5-10-19/h3-7,9-16H,2,8,17H2,1H3,(H,25,28). The van der Waals surface area contributed by atoms with Gasteiger partial charge in [-0.05, 0) is 35.2 Å². The van der Waals surface area contributed by atoms with E-state index in [0.717, 1.165) is 29.7 Å². The van der Waals surface area contributed by atoms with Crippen LogP contribution in [-0.4, -0.2) is 15.3 Å². The van der Waals surface area contributed by atoms with Gasteiger partial charge >= 0.3 is 0 Å². The molecule has 0 unspecified atom stereocenters. The summed E-state index contributed by atoms with van der Waals surface area (Å²) >= 11 is 0. The first kappa shape index (κ1) is 18.0. The summed E-state index contributed by atoms with van der Waals surface area (Å²) in [6.07, 6.45) is 3.63. The molecule has 0 spiro atoms. The summed E-state index contributed by atoms with van der Waals surface area (Å²) in [6, 6.07) is 24.4. The van der Waals surface area contributed by atoms with Crippen molar-refractivity contribution in [3.8, 4) is 11.1 Å². The van der Waals surface area contributed by atoms with E-state index in [4.69, 9.17) is 0 Å². The lowest BCUT2D eigenvalue weighted by Crippen LogP contribution is -2.25. The van der Waals surface area contributed by atoms with Crippen molar-refractivity contribution in [2.45, 2.75) is 26.3 Å². The van der Waals surface area contributed by atoms with Gasteiger partial charge in [-0.3, -0.25) is 9.20 Å². The van der Waals surface area contributed by atoms with Crippen LogP contribution in [0, 0.1) is 0 Å². The molecular formula is C24H23N3O. The number of pyridine rings is 1. The van der Waals surface area contributed by atoms with Gasteiger partial charge in [0.25, 0.3) is 5.91 Å². The highest BCUT2D eigenvalue weighted by atomic mass is 16.1. The van der Waals surface area contributed by atoms with Crippen LogP contribution in [0.2, 0.25) is 0 Å². The zero-order chi connectivity index (χ0) is 19.3. The Morgan fingerprint density at radius 3 is 2.39 bits per heavy atom. The van der Waals surface area contributed by atoms with Gasteiger partial charge in [0.05, 0.1) is 5.69 Å². The van der Waals surface area contributed by atoms with Gasteiger partial charge in [0.1, 0.15) is 11.3 Å². The van der Waals surface area contributed by atoms with Crippen molar-refractivity contribution in [2.24, 2.45) is 0 Å². The Morgan fingerprint density at radius 1 is 0.929 bits per heavy atom. The van der Waals surface area contributed by atoms with E-state index in [1.54, 1.807) is 0 Å². The number of rotatable bonds is 6. The second kappa shape index (κ2) is 8.09. The zero-order valence-electron chi connectivity index (χ0n) is 15.9. The molecular weight excluding hydrogens is 346 g/mol. The van der Waals surface area contributed by atoms with Gasteiger partial charge in [-0.2, -0.15) is 0 Å². The molecule has 0 aliphatic rings. The predicted molar refractivity (Wildman–Crippen MR) is 112 cm³/mol. The Bertz CT molecular complexity index is 1080. The van der Waals surface area contributed by atoms with Crippen LogP contribution in [0.1, 0.15) is 35.1 Å². The number of aromatic nitrogens is 2. The highest BCUT2D eigenvalue weighted by Crippen LogP contribution is 2.19. The minimum absolute atomic E-state index is 0.0886. The maximum atomic E-state index is 12.9. The van der Waals surface area contributed by atoms with Crippen molar-refractivity contribution in [3.63, 3.8) is 0 Å². The van der Waals surface area contributed by atoms with E-state index in [1.165, 1.54) is 11.1 Å². The van der Waals surface area contributed by atoms with Crippen LogP contribution >= 0.6 is 0 Å². The monoisotopic (exact) mass is 369 g/mol. The van der Waals surface area contributed by atoms with Crippen LogP contribution in [0.15, 0.2) is 79.0 Å². The van der Waals surface area contributed by atoms with Crippen LogP contribution in [0.5, 0.6) is 0 Å². The van der Waals surface area contributed by atoms with Gasteiger partial charge in [0.15, 0.2) is 0 Å². The third-order valence-electron chi connectivity index (χ3n) is 4.82.